The van der Waals surface area contributed by atoms with Crippen molar-refractivity contribution in [1.82, 2.24) is 9.21 Å². The topological polar surface area (TPSA) is 87.1 Å². The monoisotopic (exact) mass is 292 g/mol. The highest BCUT2D eigenvalue weighted by molar-refractivity contribution is 7.89. The Balaban J connectivity index is 1.80. The first-order chi connectivity index (χ1) is 8.97. The Morgan fingerprint density at radius 1 is 1.26 bits per heavy atom. The summed E-state index contributed by atoms with van der Waals surface area (Å²) in [5.74, 6) is -2.12. The molecule has 110 valence electrons. The molecule has 0 aromatic rings. The molecule has 2 aliphatic heterocycles. The Morgan fingerprint density at radius 3 is 2.47 bits per heavy atom. The third-order valence-corrected chi connectivity index (χ3v) is 5.28. The van der Waals surface area contributed by atoms with E-state index in [0.29, 0.717) is 26.2 Å². The maximum atomic E-state index is 11.7. The van der Waals surface area contributed by atoms with Crippen LogP contribution in [0, 0.1) is 0 Å². The molecule has 2 rings (SSSR count). The largest absolute Gasteiger partial charge is 0.480 e. The highest BCUT2D eigenvalue weighted by Gasteiger charge is 2.30. The first-order valence-electron chi connectivity index (χ1n) is 6.51. The summed E-state index contributed by atoms with van der Waals surface area (Å²) < 4.78 is 30.3. The van der Waals surface area contributed by atoms with E-state index in [2.05, 4.69) is 4.90 Å². The van der Waals surface area contributed by atoms with Gasteiger partial charge in [0.25, 0.3) is 0 Å². The fraction of sp³-hybridized carbons (Fsp3) is 0.909. The lowest BCUT2D eigenvalue weighted by atomic mass is 10.2. The summed E-state index contributed by atoms with van der Waals surface area (Å²) in [6.45, 7) is 3.66. The van der Waals surface area contributed by atoms with E-state index in [9.17, 15) is 13.2 Å². The number of nitrogens with zero attached hydrogens (tertiary/aromatic N) is 2. The van der Waals surface area contributed by atoms with Gasteiger partial charge in [0.05, 0.1) is 6.10 Å². The molecule has 7 nitrogen and oxygen atoms in total. The molecule has 0 amide bonds. The van der Waals surface area contributed by atoms with E-state index >= 15 is 0 Å². The lowest BCUT2D eigenvalue weighted by Crippen LogP contribution is -2.51. The molecule has 0 aliphatic carbocycles. The number of ether oxygens (including phenoxy) is 1. The van der Waals surface area contributed by atoms with E-state index in [0.717, 1.165) is 26.0 Å². The van der Waals surface area contributed by atoms with Gasteiger partial charge in [0.2, 0.25) is 10.0 Å². The van der Waals surface area contributed by atoms with Gasteiger partial charge in [0, 0.05) is 39.3 Å². The van der Waals surface area contributed by atoms with Crippen molar-refractivity contribution < 1.29 is 23.1 Å². The van der Waals surface area contributed by atoms with Crippen LogP contribution >= 0.6 is 0 Å². The van der Waals surface area contributed by atoms with Crippen LogP contribution in [0.1, 0.15) is 12.8 Å². The highest BCUT2D eigenvalue weighted by atomic mass is 32.2. The first-order valence-corrected chi connectivity index (χ1v) is 8.12. The number of hydrogen-bond donors (Lipinski definition) is 1. The van der Waals surface area contributed by atoms with Gasteiger partial charge in [-0.2, -0.15) is 4.31 Å². The number of carboxylic acids is 1. The van der Waals surface area contributed by atoms with E-state index < -0.39 is 21.7 Å². The first kappa shape index (κ1) is 14.7. The van der Waals surface area contributed by atoms with Crippen LogP contribution in [-0.2, 0) is 19.6 Å². The molecule has 0 saturated carbocycles. The minimum Gasteiger partial charge on any atom is -0.480 e. The minimum atomic E-state index is -3.66. The fourth-order valence-electron chi connectivity index (χ4n) is 2.51. The summed E-state index contributed by atoms with van der Waals surface area (Å²) >= 11 is 0. The predicted octanol–water partition coefficient (Wildman–Crippen LogP) is -0.803. The Morgan fingerprint density at radius 2 is 1.95 bits per heavy atom. The minimum absolute atomic E-state index is 0.266. The summed E-state index contributed by atoms with van der Waals surface area (Å²) in [6.07, 6.45) is 2.43. The van der Waals surface area contributed by atoms with Crippen molar-refractivity contribution in [3.8, 4) is 0 Å². The summed E-state index contributed by atoms with van der Waals surface area (Å²) in [7, 11) is -3.66. The second-order valence-electron chi connectivity index (χ2n) is 4.98. The zero-order valence-corrected chi connectivity index (χ0v) is 11.6. The van der Waals surface area contributed by atoms with Crippen LogP contribution in [0.15, 0.2) is 0 Å². The van der Waals surface area contributed by atoms with E-state index in [4.69, 9.17) is 9.84 Å². The summed E-state index contributed by atoms with van der Waals surface area (Å²) in [5, 5.41) is 8.59. The van der Waals surface area contributed by atoms with Crippen LogP contribution in [0.5, 0.6) is 0 Å². The molecule has 1 atom stereocenters. The lowest BCUT2D eigenvalue weighted by Gasteiger charge is -2.34. The molecule has 0 bridgehead atoms. The van der Waals surface area contributed by atoms with Crippen LogP contribution in [0.3, 0.4) is 0 Å². The van der Waals surface area contributed by atoms with Gasteiger partial charge < -0.3 is 9.84 Å². The number of hydrogen-bond acceptors (Lipinski definition) is 5. The molecular weight excluding hydrogens is 272 g/mol. The molecule has 19 heavy (non-hydrogen) atoms. The Bertz CT molecular complexity index is 411. The van der Waals surface area contributed by atoms with Gasteiger partial charge in [-0.1, -0.05) is 0 Å². The van der Waals surface area contributed by atoms with Gasteiger partial charge in [-0.25, -0.2) is 8.42 Å². The van der Waals surface area contributed by atoms with Gasteiger partial charge in [-0.05, 0) is 12.8 Å². The number of sulfonamides is 1. The van der Waals surface area contributed by atoms with Gasteiger partial charge in [-0.3, -0.25) is 9.69 Å². The molecule has 2 saturated heterocycles. The smallest absolute Gasteiger partial charge is 0.320 e. The Kier molecular flexibility index (Phi) is 4.77. The van der Waals surface area contributed by atoms with Crippen LogP contribution in [-0.4, -0.2) is 79.9 Å². The predicted molar refractivity (Wildman–Crippen MR) is 68.4 cm³/mol. The second kappa shape index (κ2) is 6.17. The zero-order chi connectivity index (χ0) is 13.9. The third kappa shape index (κ3) is 4.13. The zero-order valence-electron chi connectivity index (χ0n) is 10.8. The molecule has 0 aromatic heterocycles. The molecular formula is C11H20N2O5S. The molecule has 1 N–H and O–H groups in total. The van der Waals surface area contributed by atoms with Crippen molar-refractivity contribution >= 4 is 16.0 Å². The van der Waals surface area contributed by atoms with Crippen LogP contribution < -0.4 is 0 Å². The normalized spacial score (nSPS) is 26.6. The van der Waals surface area contributed by atoms with Crippen molar-refractivity contribution in [2.45, 2.75) is 18.9 Å². The molecule has 1 unspecified atom stereocenters. The second-order valence-corrected chi connectivity index (χ2v) is 6.95. The van der Waals surface area contributed by atoms with Crippen molar-refractivity contribution in [2.75, 3.05) is 45.1 Å². The quantitative estimate of drug-likeness (QED) is 0.713. The molecule has 8 heteroatoms. The molecule has 2 aliphatic rings. The van der Waals surface area contributed by atoms with E-state index in [1.165, 1.54) is 4.31 Å². The van der Waals surface area contributed by atoms with Crippen LogP contribution in [0.4, 0.5) is 0 Å². The van der Waals surface area contributed by atoms with Gasteiger partial charge in [0.15, 0.2) is 5.75 Å². The van der Waals surface area contributed by atoms with Crippen molar-refractivity contribution in [3.63, 3.8) is 0 Å². The van der Waals surface area contributed by atoms with E-state index in [1.807, 2.05) is 0 Å². The Labute approximate surface area is 113 Å². The fourth-order valence-corrected chi connectivity index (χ4v) is 3.73. The third-order valence-electron chi connectivity index (χ3n) is 3.52. The number of carbonyl (C=O) groups is 1. The molecule has 0 aromatic carbocycles. The van der Waals surface area contributed by atoms with Crippen molar-refractivity contribution in [1.29, 1.82) is 0 Å². The van der Waals surface area contributed by atoms with Crippen LogP contribution in [0.2, 0.25) is 0 Å². The Hall–Kier alpha value is -0.700. The molecule has 2 heterocycles. The summed E-state index contributed by atoms with van der Waals surface area (Å²) in [5.41, 5.74) is 0. The summed E-state index contributed by atoms with van der Waals surface area (Å²) in [4.78, 5) is 12.7. The highest BCUT2D eigenvalue weighted by Crippen LogP contribution is 2.15. The molecule has 0 radical (unpaired) electrons. The molecule has 0 spiro atoms. The number of rotatable bonds is 5. The van der Waals surface area contributed by atoms with Gasteiger partial charge in [0.1, 0.15) is 0 Å². The standard InChI is InChI=1S/C11H20N2O5S/c14-11(15)9-19(16,17)13-5-3-12(4-6-13)8-10-2-1-7-18-10/h10H,1-9H2,(H,14,15). The number of carboxylic acid groups (broad SMARTS) is 1. The average Bonchev–Trinajstić information content (AvgIpc) is 2.81. The maximum absolute atomic E-state index is 11.7. The lowest BCUT2D eigenvalue weighted by molar-refractivity contribution is -0.134. The summed E-state index contributed by atoms with van der Waals surface area (Å²) in [6, 6.07) is 0. The van der Waals surface area contributed by atoms with E-state index in [1.54, 1.807) is 0 Å². The van der Waals surface area contributed by atoms with Gasteiger partial charge >= 0.3 is 5.97 Å². The SMILES string of the molecule is O=C(O)CS(=O)(=O)N1CCN(CC2CCCO2)CC1. The van der Waals surface area contributed by atoms with Crippen molar-refractivity contribution in [3.05, 3.63) is 0 Å². The molecule has 2 fully saturated rings. The van der Waals surface area contributed by atoms with Crippen LogP contribution in [0.25, 0.3) is 0 Å². The van der Waals surface area contributed by atoms with Gasteiger partial charge in [-0.15, -0.1) is 0 Å². The van der Waals surface area contributed by atoms with Crippen molar-refractivity contribution in [2.24, 2.45) is 0 Å². The maximum Gasteiger partial charge on any atom is 0.320 e. The number of aliphatic carboxylic acids is 1. The number of piperazine rings is 1. The van der Waals surface area contributed by atoms with E-state index in [-0.39, 0.29) is 6.10 Å². The average molecular weight is 292 g/mol.